The van der Waals surface area contributed by atoms with E-state index in [9.17, 15) is 53.4 Å². The first-order chi connectivity index (χ1) is 30.8. The fourth-order valence-electron chi connectivity index (χ4n) is 6.47. The monoisotopic (exact) mass is 921 g/mol. The zero-order chi connectivity index (χ0) is 48.9. The van der Waals surface area contributed by atoms with Crippen molar-refractivity contribution in [3.8, 4) is 5.75 Å². The van der Waals surface area contributed by atoms with Crippen molar-refractivity contribution in [2.24, 2.45) is 34.6 Å². The van der Waals surface area contributed by atoms with E-state index in [-0.39, 0.29) is 76.2 Å². The lowest BCUT2D eigenvalue weighted by Gasteiger charge is -2.28. The molecule has 1 rings (SSSR count). The minimum absolute atomic E-state index is 0.0359. The molecule has 0 saturated carbocycles. The molecule has 0 aromatic heterocycles. The normalized spacial score (nSPS) is 13.8. The average Bonchev–Trinajstić information content (AvgIpc) is 3.25. The van der Waals surface area contributed by atoms with Crippen molar-refractivity contribution in [3.63, 3.8) is 0 Å². The van der Waals surface area contributed by atoms with Gasteiger partial charge in [-0.2, -0.15) is 0 Å². The van der Waals surface area contributed by atoms with E-state index in [4.69, 9.17) is 28.7 Å². The van der Waals surface area contributed by atoms with Crippen LogP contribution in [0.4, 0.5) is 0 Å². The van der Waals surface area contributed by atoms with Crippen LogP contribution in [-0.2, 0) is 49.6 Å². The number of amides is 8. The summed E-state index contributed by atoms with van der Waals surface area (Å²) in [5.74, 6) is -7.69. The maximum atomic E-state index is 14.2. The maximum Gasteiger partial charge on any atom is 0.326 e. The van der Waals surface area contributed by atoms with Crippen LogP contribution in [0.1, 0.15) is 96.5 Å². The molecule has 0 fully saturated rings. The van der Waals surface area contributed by atoms with Gasteiger partial charge in [-0.05, 0) is 114 Å². The number of hydrogen-bond acceptors (Lipinski definition) is 14. The number of rotatable bonds is 34. The second-order valence-corrected chi connectivity index (χ2v) is 16.1. The lowest BCUT2D eigenvalue weighted by molar-refractivity contribution is -0.143. The molecule has 19 N–H and O–H groups in total. The Labute approximate surface area is 379 Å². The predicted molar refractivity (Wildman–Crippen MR) is 240 cm³/mol. The molecule has 0 aliphatic rings. The first kappa shape index (κ1) is 57.1. The fourth-order valence-corrected chi connectivity index (χ4v) is 6.47. The lowest BCUT2D eigenvalue weighted by Crippen LogP contribution is -2.60. The topological polar surface area (TPSA) is 408 Å². The summed E-state index contributed by atoms with van der Waals surface area (Å²) in [7, 11) is 0. The molecule has 1 aromatic rings. The molecule has 0 radical (unpaired) electrons. The molecule has 23 nitrogen and oxygen atoms in total. The van der Waals surface area contributed by atoms with Gasteiger partial charge in [0, 0.05) is 12.8 Å². The van der Waals surface area contributed by atoms with Gasteiger partial charge in [0.15, 0.2) is 0 Å². The Morgan fingerprint density at radius 1 is 0.538 bits per heavy atom. The van der Waals surface area contributed by atoms with Gasteiger partial charge in [0.1, 0.15) is 42.0 Å². The van der Waals surface area contributed by atoms with E-state index in [2.05, 4.69) is 37.2 Å². The van der Waals surface area contributed by atoms with Crippen molar-refractivity contribution in [3.05, 3.63) is 29.8 Å². The summed E-state index contributed by atoms with van der Waals surface area (Å²) in [6, 6.07) is -2.16. The molecule has 0 aliphatic heterocycles. The standard InChI is InChI=1S/C42H72N12O11/c1-25(2)21-33(42(64)65)54-40(62)31(16-17-34(47)56)52-41(63)32(22-26-12-14-27(55)15-13-26)53-39(61)30(11-5-8-20-45)51-38(60)29(10-4-7-19-44)50-37(59)28(9-3-6-18-43)49-36(58)24-48-35(57)23-46/h12-15,25,28-33,55H,3-11,16-24,43-46H2,1-2H3,(H2,47,56)(H,48,57)(H,49,58)(H,50,59)(H,51,60)(H,52,63)(H,53,61)(H,54,62)(H,64,65)/t28-,29-,30-,31-,32-,33-/m0/s1. The minimum atomic E-state index is -1.46. The Balaban J connectivity index is 3.54. The second-order valence-electron chi connectivity index (χ2n) is 16.1. The highest BCUT2D eigenvalue weighted by atomic mass is 16.4. The van der Waals surface area contributed by atoms with Crippen molar-refractivity contribution in [1.82, 2.24) is 37.2 Å². The Kier molecular flexibility index (Phi) is 28.0. The predicted octanol–water partition coefficient (Wildman–Crippen LogP) is -3.30. The minimum Gasteiger partial charge on any atom is -0.508 e. The van der Waals surface area contributed by atoms with E-state index in [1.807, 2.05) is 0 Å². The van der Waals surface area contributed by atoms with Gasteiger partial charge < -0.3 is 76.1 Å². The molecule has 65 heavy (non-hydrogen) atoms. The first-order valence-electron chi connectivity index (χ1n) is 22.0. The molecule has 0 heterocycles. The van der Waals surface area contributed by atoms with Crippen LogP contribution < -0.4 is 65.9 Å². The molecule has 8 amide bonds. The van der Waals surface area contributed by atoms with Crippen LogP contribution in [0.25, 0.3) is 0 Å². The largest absolute Gasteiger partial charge is 0.508 e. The van der Waals surface area contributed by atoms with Crippen LogP contribution in [-0.4, -0.2) is 132 Å². The molecule has 23 heteroatoms. The third-order valence-corrected chi connectivity index (χ3v) is 10.0. The number of aliphatic carboxylic acids is 1. The number of carboxylic acid groups (broad SMARTS) is 1. The van der Waals surface area contributed by atoms with Gasteiger partial charge in [0.2, 0.25) is 47.3 Å². The van der Waals surface area contributed by atoms with Gasteiger partial charge in [0.05, 0.1) is 13.1 Å². The third-order valence-electron chi connectivity index (χ3n) is 10.0. The van der Waals surface area contributed by atoms with Crippen LogP contribution in [0.3, 0.4) is 0 Å². The molecule has 0 aliphatic carbocycles. The van der Waals surface area contributed by atoms with Crippen molar-refractivity contribution in [1.29, 1.82) is 0 Å². The average molecular weight is 921 g/mol. The number of benzene rings is 1. The quantitative estimate of drug-likeness (QED) is 0.0301. The summed E-state index contributed by atoms with van der Waals surface area (Å²) in [6.45, 7) is 3.58. The molecule has 6 atom stereocenters. The fraction of sp³-hybridized carbons (Fsp3) is 0.643. The zero-order valence-corrected chi connectivity index (χ0v) is 37.5. The van der Waals surface area contributed by atoms with Gasteiger partial charge in [-0.15, -0.1) is 0 Å². The molecule has 0 saturated heterocycles. The number of unbranched alkanes of at least 4 members (excludes halogenated alkanes) is 3. The van der Waals surface area contributed by atoms with E-state index in [0.29, 0.717) is 50.6 Å². The van der Waals surface area contributed by atoms with Crippen molar-refractivity contribution in [2.75, 3.05) is 32.7 Å². The van der Waals surface area contributed by atoms with Crippen LogP contribution in [0.15, 0.2) is 24.3 Å². The molecular formula is C42H72N12O11. The van der Waals surface area contributed by atoms with Crippen molar-refractivity contribution < 1.29 is 53.4 Å². The van der Waals surface area contributed by atoms with E-state index in [1.165, 1.54) is 24.3 Å². The summed E-state index contributed by atoms with van der Waals surface area (Å²) in [6.07, 6.45) is 2.11. The van der Waals surface area contributed by atoms with E-state index in [0.717, 1.165) is 0 Å². The van der Waals surface area contributed by atoms with Gasteiger partial charge in [0.25, 0.3) is 0 Å². The number of hydrogen-bond donors (Lipinski definition) is 14. The number of primary amides is 1. The molecule has 0 unspecified atom stereocenters. The van der Waals surface area contributed by atoms with Gasteiger partial charge in [-0.25, -0.2) is 4.79 Å². The van der Waals surface area contributed by atoms with Crippen molar-refractivity contribution in [2.45, 2.75) is 134 Å². The summed E-state index contributed by atoms with van der Waals surface area (Å²) in [4.78, 5) is 118. The van der Waals surface area contributed by atoms with E-state index < -0.39 is 96.0 Å². The smallest absolute Gasteiger partial charge is 0.326 e. The van der Waals surface area contributed by atoms with E-state index in [1.54, 1.807) is 13.8 Å². The highest BCUT2D eigenvalue weighted by Crippen LogP contribution is 2.14. The van der Waals surface area contributed by atoms with Crippen molar-refractivity contribution >= 4 is 53.2 Å². The Bertz CT molecular complexity index is 1700. The van der Waals surface area contributed by atoms with Gasteiger partial charge in [-0.3, -0.25) is 38.4 Å². The van der Waals surface area contributed by atoms with Crippen LogP contribution in [0.5, 0.6) is 5.75 Å². The number of phenolic OH excluding ortho intramolecular Hbond substituents is 1. The zero-order valence-electron chi connectivity index (χ0n) is 37.5. The number of nitrogens with one attached hydrogen (secondary N) is 7. The molecule has 366 valence electrons. The second kappa shape index (κ2) is 31.9. The first-order valence-corrected chi connectivity index (χ1v) is 22.0. The molecule has 0 bridgehead atoms. The summed E-state index contributed by atoms with van der Waals surface area (Å²) in [5, 5.41) is 37.5. The number of carbonyl (C=O) groups is 9. The SMILES string of the molecule is CC(C)C[C@H](NC(=O)[C@H](CCC(N)=O)NC(=O)[C@H](Cc1ccc(O)cc1)NC(=O)[C@H](CCCCN)NC(=O)[C@H](CCCCN)NC(=O)[C@H](CCCCN)NC(=O)CNC(=O)CN)C(=O)O. The number of aromatic hydroxyl groups is 1. The summed E-state index contributed by atoms with van der Waals surface area (Å²) < 4.78 is 0. The van der Waals surface area contributed by atoms with Crippen LogP contribution in [0.2, 0.25) is 0 Å². The molecular weight excluding hydrogens is 849 g/mol. The molecule has 1 aromatic carbocycles. The van der Waals surface area contributed by atoms with Crippen LogP contribution in [0, 0.1) is 5.92 Å². The summed E-state index contributed by atoms with van der Waals surface area (Å²) in [5.41, 5.74) is 28.2. The number of carbonyl (C=O) groups excluding carboxylic acids is 8. The number of carboxylic acids is 1. The number of phenols is 1. The Morgan fingerprint density at radius 2 is 0.938 bits per heavy atom. The summed E-state index contributed by atoms with van der Waals surface area (Å²) >= 11 is 0. The van der Waals surface area contributed by atoms with Gasteiger partial charge >= 0.3 is 5.97 Å². The third kappa shape index (κ3) is 24.1. The highest BCUT2D eigenvalue weighted by Gasteiger charge is 2.34. The Hall–Kier alpha value is -5.91. The Morgan fingerprint density at radius 3 is 1.34 bits per heavy atom. The van der Waals surface area contributed by atoms with E-state index >= 15 is 0 Å². The van der Waals surface area contributed by atoms with Crippen LogP contribution >= 0.6 is 0 Å². The highest BCUT2D eigenvalue weighted by molar-refractivity contribution is 5.97. The number of nitrogens with two attached hydrogens (primary N) is 5. The molecule has 0 spiro atoms. The lowest BCUT2D eigenvalue weighted by atomic mass is 10.0. The maximum absolute atomic E-state index is 14.2. The van der Waals surface area contributed by atoms with Gasteiger partial charge in [-0.1, -0.05) is 26.0 Å².